The molecule has 0 aliphatic rings. The Bertz CT molecular complexity index is 197. The maximum absolute atomic E-state index is 11.4. The van der Waals surface area contributed by atoms with Crippen molar-refractivity contribution in [2.75, 3.05) is 20.6 Å². The van der Waals surface area contributed by atoms with Crippen molar-refractivity contribution in [3.63, 3.8) is 0 Å². The molecule has 0 rings (SSSR count). The quantitative estimate of drug-likeness (QED) is 0.620. The van der Waals surface area contributed by atoms with Crippen LogP contribution in [0.3, 0.4) is 0 Å². The Kier molecular flexibility index (Phi) is 6.17. The summed E-state index contributed by atoms with van der Waals surface area (Å²) in [6.45, 7) is 7.04. The lowest BCUT2D eigenvalue weighted by molar-refractivity contribution is -0.130. The van der Waals surface area contributed by atoms with Crippen molar-refractivity contribution in [3.05, 3.63) is 0 Å². The summed E-state index contributed by atoms with van der Waals surface area (Å²) in [7, 11) is 3.53. The number of hydrogen-bond donors (Lipinski definition) is 0. The molecule has 1 unspecified atom stereocenters. The largest absolute Gasteiger partial charge is 0.348 e. The van der Waals surface area contributed by atoms with Gasteiger partial charge in [0.05, 0.1) is 5.92 Å². The Hall–Kier alpha value is -0.860. The van der Waals surface area contributed by atoms with Crippen molar-refractivity contribution in [2.45, 2.75) is 27.2 Å². The van der Waals surface area contributed by atoms with Gasteiger partial charge in [-0.25, -0.2) is 0 Å². The van der Waals surface area contributed by atoms with Gasteiger partial charge >= 0.3 is 0 Å². The maximum Gasteiger partial charge on any atom is 0.230 e. The van der Waals surface area contributed by atoms with Gasteiger partial charge in [0.15, 0.2) is 0 Å². The van der Waals surface area contributed by atoms with Crippen LogP contribution in [0.5, 0.6) is 0 Å². The molecular formula is C11H22N2O. The predicted molar refractivity (Wildman–Crippen MR) is 60.7 cm³/mol. The van der Waals surface area contributed by atoms with Gasteiger partial charge in [-0.1, -0.05) is 13.8 Å². The van der Waals surface area contributed by atoms with Gasteiger partial charge < -0.3 is 4.90 Å². The first-order chi connectivity index (χ1) is 6.45. The zero-order valence-electron chi connectivity index (χ0n) is 9.95. The number of carbonyl (C=O) groups is 1. The van der Waals surface area contributed by atoms with Crippen molar-refractivity contribution in [3.8, 4) is 0 Å². The molecule has 14 heavy (non-hydrogen) atoms. The van der Waals surface area contributed by atoms with Gasteiger partial charge in [0.2, 0.25) is 5.91 Å². The van der Waals surface area contributed by atoms with Crippen LogP contribution in [0.25, 0.3) is 0 Å². The zero-order chi connectivity index (χ0) is 11.1. The Morgan fingerprint density at radius 1 is 1.36 bits per heavy atom. The van der Waals surface area contributed by atoms with Gasteiger partial charge in [-0.2, -0.15) is 0 Å². The van der Waals surface area contributed by atoms with Gasteiger partial charge in [-0.3, -0.25) is 9.79 Å². The third kappa shape index (κ3) is 5.73. The number of nitrogens with zero attached hydrogens (tertiary/aromatic N) is 2. The van der Waals surface area contributed by atoms with E-state index in [0.717, 1.165) is 13.0 Å². The van der Waals surface area contributed by atoms with Crippen molar-refractivity contribution < 1.29 is 4.79 Å². The van der Waals surface area contributed by atoms with Crippen molar-refractivity contribution >= 4 is 12.1 Å². The van der Waals surface area contributed by atoms with Crippen LogP contribution >= 0.6 is 0 Å². The van der Waals surface area contributed by atoms with E-state index in [1.807, 2.05) is 6.92 Å². The fourth-order valence-electron chi connectivity index (χ4n) is 1.04. The van der Waals surface area contributed by atoms with Crippen LogP contribution in [0.2, 0.25) is 0 Å². The molecule has 0 bridgehead atoms. The monoisotopic (exact) mass is 198 g/mol. The van der Waals surface area contributed by atoms with Crippen molar-refractivity contribution in [1.29, 1.82) is 0 Å². The highest BCUT2D eigenvalue weighted by atomic mass is 16.2. The third-order valence-corrected chi connectivity index (χ3v) is 1.99. The fourth-order valence-corrected chi connectivity index (χ4v) is 1.04. The lowest BCUT2D eigenvalue weighted by Gasteiger charge is -2.12. The molecule has 82 valence electrons. The van der Waals surface area contributed by atoms with Crippen LogP contribution in [0.1, 0.15) is 27.2 Å². The summed E-state index contributed by atoms with van der Waals surface area (Å²) in [5.74, 6) is 0.683. The summed E-state index contributed by atoms with van der Waals surface area (Å²) < 4.78 is 0. The molecule has 0 aliphatic heterocycles. The van der Waals surface area contributed by atoms with E-state index in [-0.39, 0.29) is 11.8 Å². The molecule has 3 nitrogen and oxygen atoms in total. The van der Waals surface area contributed by atoms with E-state index in [1.54, 1.807) is 25.2 Å². The number of amides is 1. The van der Waals surface area contributed by atoms with Gasteiger partial charge in [-0.15, -0.1) is 0 Å². The second kappa shape index (κ2) is 6.57. The normalized spacial score (nSPS) is 13.6. The number of carbonyl (C=O) groups excluding carboxylic acids is 1. The van der Waals surface area contributed by atoms with Gasteiger partial charge in [0.25, 0.3) is 0 Å². The molecule has 0 spiro atoms. The first-order valence-corrected chi connectivity index (χ1v) is 5.16. The Morgan fingerprint density at radius 3 is 2.36 bits per heavy atom. The van der Waals surface area contributed by atoms with Crippen molar-refractivity contribution in [2.24, 2.45) is 16.8 Å². The molecule has 1 amide bonds. The van der Waals surface area contributed by atoms with Crippen LogP contribution in [0, 0.1) is 11.8 Å². The Morgan fingerprint density at radius 2 is 1.93 bits per heavy atom. The molecule has 3 heteroatoms. The third-order valence-electron chi connectivity index (χ3n) is 1.99. The minimum Gasteiger partial charge on any atom is -0.348 e. The summed E-state index contributed by atoms with van der Waals surface area (Å²) in [6, 6.07) is 0. The molecular weight excluding hydrogens is 176 g/mol. The minimum absolute atomic E-state index is 0.0998. The Balaban J connectivity index is 3.81. The van der Waals surface area contributed by atoms with Gasteiger partial charge in [0.1, 0.15) is 0 Å². The van der Waals surface area contributed by atoms with E-state index >= 15 is 0 Å². The van der Waals surface area contributed by atoms with Crippen LogP contribution < -0.4 is 0 Å². The highest BCUT2D eigenvalue weighted by molar-refractivity contribution is 5.92. The smallest absolute Gasteiger partial charge is 0.230 e. The summed E-state index contributed by atoms with van der Waals surface area (Å²) in [5, 5.41) is 0. The molecule has 0 aromatic heterocycles. The average molecular weight is 198 g/mol. The second-order valence-corrected chi connectivity index (χ2v) is 4.26. The highest BCUT2D eigenvalue weighted by Gasteiger charge is 2.11. The minimum atomic E-state index is -0.0998. The van der Waals surface area contributed by atoms with Crippen LogP contribution in [0.4, 0.5) is 0 Å². The van der Waals surface area contributed by atoms with E-state index in [9.17, 15) is 4.79 Å². The first-order valence-electron chi connectivity index (χ1n) is 5.16. The molecule has 0 radical (unpaired) electrons. The van der Waals surface area contributed by atoms with E-state index in [1.165, 1.54) is 0 Å². The van der Waals surface area contributed by atoms with E-state index < -0.39 is 0 Å². The molecule has 1 atom stereocenters. The zero-order valence-corrected chi connectivity index (χ0v) is 9.95. The highest BCUT2D eigenvalue weighted by Crippen LogP contribution is 2.00. The van der Waals surface area contributed by atoms with Gasteiger partial charge in [0, 0.05) is 26.9 Å². The average Bonchev–Trinajstić information content (AvgIpc) is 2.10. The topological polar surface area (TPSA) is 32.7 Å². The lowest BCUT2D eigenvalue weighted by atomic mass is 10.1. The molecule has 0 aliphatic carbocycles. The second-order valence-electron chi connectivity index (χ2n) is 4.26. The first kappa shape index (κ1) is 13.1. The van der Waals surface area contributed by atoms with E-state index in [0.29, 0.717) is 5.92 Å². The molecule has 0 fully saturated rings. The maximum atomic E-state index is 11.4. The van der Waals surface area contributed by atoms with E-state index in [4.69, 9.17) is 0 Å². The van der Waals surface area contributed by atoms with Crippen LogP contribution in [-0.4, -0.2) is 37.7 Å². The molecule has 0 saturated carbocycles. The number of rotatable bonds is 5. The summed E-state index contributed by atoms with van der Waals surface area (Å²) in [5.41, 5.74) is 0. The SMILES string of the molecule is CC(C)CCN=CC(C)C(=O)N(C)C. The molecule has 0 aromatic rings. The van der Waals surface area contributed by atoms with Crippen LogP contribution in [-0.2, 0) is 4.79 Å². The predicted octanol–water partition coefficient (Wildman–Crippen LogP) is 1.83. The summed E-state index contributed by atoms with van der Waals surface area (Å²) in [6.07, 6.45) is 2.84. The summed E-state index contributed by atoms with van der Waals surface area (Å²) >= 11 is 0. The molecule has 0 saturated heterocycles. The van der Waals surface area contributed by atoms with E-state index in [2.05, 4.69) is 18.8 Å². The molecule has 0 aromatic carbocycles. The summed E-state index contributed by atoms with van der Waals surface area (Å²) in [4.78, 5) is 17.2. The Labute approximate surface area is 87.2 Å². The lowest BCUT2D eigenvalue weighted by Crippen LogP contribution is -2.28. The molecule has 0 N–H and O–H groups in total. The fraction of sp³-hybridized carbons (Fsp3) is 0.818. The van der Waals surface area contributed by atoms with Gasteiger partial charge in [-0.05, 0) is 19.3 Å². The number of aliphatic imine (C=N–C) groups is 1. The standard InChI is InChI=1S/C11H22N2O/c1-9(2)6-7-12-8-10(3)11(14)13(4)5/h8-10H,6-7H2,1-5H3. The molecule has 0 heterocycles. The van der Waals surface area contributed by atoms with Crippen LogP contribution in [0.15, 0.2) is 4.99 Å². The van der Waals surface area contributed by atoms with Crippen molar-refractivity contribution in [1.82, 2.24) is 4.90 Å². The number of hydrogen-bond acceptors (Lipinski definition) is 2.